The Labute approximate surface area is 161 Å². The molecule has 0 aromatic carbocycles. The number of hydrogen-bond acceptors (Lipinski definition) is 5. The van der Waals surface area contributed by atoms with Crippen molar-refractivity contribution in [1.82, 2.24) is 10.2 Å². The zero-order valence-corrected chi connectivity index (χ0v) is 16.9. The van der Waals surface area contributed by atoms with Gasteiger partial charge in [0.15, 0.2) is 0 Å². The molecule has 2 fully saturated rings. The van der Waals surface area contributed by atoms with Crippen molar-refractivity contribution in [2.45, 2.75) is 90.4 Å². The Morgan fingerprint density at radius 1 is 1.19 bits per heavy atom. The van der Waals surface area contributed by atoms with E-state index >= 15 is 0 Å². The van der Waals surface area contributed by atoms with Crippen LogP contribution in [0.25, 0.3) is 0 Å². The lowest BCUT2D eigenvalue weighted by Crippen LogP contribution is -2.55. The molecule has 1 amide bonds. The number of nitrogens with one attached hydrogen (secondary N) is 1. The van der Waals surface area contributed by atoms with Crippen LogP contribution in [0.4, 0.5) is 0 Å². The highest BCUT2D eigenvalue weighted by atomic mass is 16.5. The van der Waals surface area contributed by atoms with Gasteiger partial charge in [0.05, 0.1) is 12.6 Å². The molecule has 0 aromatic heterocycles. The second-order valence-corrected chi connectivity index (χ2v) is 8.26. The predicted molar refractivity (Wildman–Crippen MR) is 101 cm³/mol. The molecule has 2 rings (SSSR count). The fraction of sp³-hybridized carbons (Fsp3) is 0.850. The van der Waals surface area contributed by atoms with Gasteiger partial charge in [-0.1, -0.05) is 20.3 Å². The van der Waals surface area contributed by atoms with Crippen molar-refractivity contribution in [1.29, 1.82) is 0 Å². The highest BCUT2D eigenvalue weighted by molar-refractivity contribution is 5.88. The molecule has 0 aromatic rings. The second-order valence-electron chi connectivity index (χ2n) is 8.26. The van der Waals surface area contributed by atoms with Crippen molar-refractivity contribution in [3.63, 3.8) is 0 Å². The van der Waals surface area contributed by atoms with Gasteiger partial charge in [-0.15, -0.1) is 0 Å². The van der Waals surface area contributed by atoms with Crippen LogP contribution in [0, 0.1) is 11.8 Å². The topological polar surface area (TPSA) is 95.9 Å². The molecule has 7 nitrogen and oxygen atoms in total. The minimum absolute atomic E-state index is 0.0135. The van der Waals surface area contributed by atoms with Gasteiger partial charge in [0, 0.05) is 6.04 Å². The van der Waals surface area contributed by atoms with Crippen LogP contribution in [-0.2, 0) is 19.1 Å². The van der Waals surface area contributed by atoms with Gasteiger partial charge in [0.2, 0.25) is 5.91 Å². The first-order valence-corrected chi connectivity index (χ1v) is 10.2. The quantitative estimate of drug-likeness (QED) is 0.594. The summed E-state index contributed by atoms with van der Waals surface area (Å²) in [4.78, 5) is 38.6. The van der Waals surface area contributed by atoms with Gasteiger partial charge in [0.1, 0.15) is 12.1 Å². The van der Waals surface area contributed by atoms with Crippen molar-refractivity contribution in [2.24, 2.45) is 11.8 Å². The van der Waals surface area contributed by atoms with Crippen LogP contribution in [0.2, 0.25) is 0 Å². The van der Waals surface area contributed by atoms with Gasteiger partial charge in [0.25, 0.3) is 0 Å². The number of likely N-dealkylation sites (tertiary alicyclic amines) is 1. The number of esters is 1. The molecule has 0 radical (unpaired) electrons. The Morgan fingerprint density at radius 2 is 1.89 bits per heavy atom. The maximum absolute atomic E-state index is 13.1. The number of carbonyl (C=O) groups is 3. The minimum atomic E-state index is -0.938. The van der Waals surface area contributed by atoms with Crippen molar-refractivity contribution < 1.29 is 24.2 Å². The zero-order valence-electron chi connectivity index (χ0n) is 16.9. The van der Waals surface area contributed by atoms with E-state index in [9.17, 15) is 19.5 Å². The number of hydrogen-bond donors (Lipinski definition) is 2. The van der Waals surface area contributed by atoms with Crippen LogP contribution in [0.1, 0.15) is 66.2 Å². The number of rotatable bonds is 9. The molecular formula is C20H34N2O5. The number of carboxylic acid groups (broad SMARTS) is 1. The van der Waals surface area contributed by atoms with E-state index in [1.54, 1.807) is 18.7 Å². The lowest BCUT2D eigenvalue weighted by atomic mass is 10.0. The standard InChI is InChI=1S/C20H34N2O5/c1-5-27-20(26)15(10-9-12(2)3)21-13(4)18(23)22-16-8-6-7-14(16)11-17(22)19(24)25/h12-17,21H,5-11H2,1-4H3,(H,24,25)/t13-,14-,15-,16-,17-/m0/s1. The number of carbonyl (C=O) groups excluding carboxylic acids is 2. The summed E-state index contributed by atoms with van der Waals surface area (Å²) in [6.07, 6.45) is 4.84. The molecule has 2 N–H and O–H groups in total. The lowest BCUT2D eigenvalue weighted by molar-refractivity contribution is -0.151. The van der Waals surface area contributed by atoms with Crippen LogP contribution >= 0.6 is 0 Å². The number of aliphatic carboxylic acids is 1. The summed E-state index contributed by atoms with van der Waals surface area (Å²) in [6.45, 7) is 7.93. The van der Waals surface area contributed by atoms with E-state index in [1.165, 1.54) is 0 Å². The number of amides is 1. The third kappa shape index (κ3) is 5.21. The van der Waals surface area contributed by atoms with E-state index in [2.05, 4.69) is 19.2 Å². The molecule has 0 bridgehead atoms. The van der Waals surface area contributed by atoms with E-state index in [4.69, 9.17) is 4.74 Å². The Balaban J connectivity index is 2.08. The highest BCUT2D eigenvalue weighted by Gasteiger charge is 2.49. The summed E-state index contributed by atoms with van der Waals surface area (Å²) >= 11 is 0. The average molecular weight is 383 g/mol. The van der Waals surface area contributed by atoms with Gasteiger partial charge in [-0.3, -0.25) is 14.9 Å². The molecule has 154 valence electrons. The molecule has 1 saturated heterocycles. The Bertz CT molecular complexity index is 550. The summed E-state index contributed by atoms with van der Waals surface area (Å²) in [6, 6.07) is -1.93. The first-order chi connectivity index (χ1) is 12.8. The Kier molecular flexibility index (Phi) is 7.65. The van der Waals surface area contributed by atoms with Crippen LogP contribution in [-0.4, -0.2) is 58.6 Å². The van der Waals surface area contributed by atoms with Gasteiger partial charge in [-0.05, 0) is 57.8 Å². The molecule has 1 heterocycles. The summed E-state index contributed by atoms with van der Waals surface area (Å²) in [7, 11) is 0. The van der Waals surface area contributed by atoms with Crippen molar-refractivity contribution in [3.8, 4) is 0 Å². The number of nitrogens with zero attached hydrogens (tertiary/aromatic N) is 1. The third-order valence-corrected chi connectivity index (χ3v) is 5.80. The van der Waals surface area contributed by atoms with Gasteiger partial charge in [-0.2, -0.15) is 0 Å². The molecule has 0 spiro atoms. The third-order valence-electron chi connectivity index (χ3n) is 5.80. The summed E-state index contributed by atoms with van der Waals surface area (Å²) in [5.74, 6) is -0.803. The molecule has 7 heteroatoms. The fourth-order valence-electron chi connectivity index (χ4n) is 4.44. The summed E-state index contributed by atoms with van der Waals surface area (Å²) in [5.41, 5.74) is 0. The average Bonchev–Trinajstić information content (AvgIpc) is 3.18. The molecule has 1 aliphatic heterocycles. The lowest BCUT2D eigenvalue weighted by Gasteiger charge is -2.32. The number of carboxylic acids is 1. The zero-order chi connectivity index (χ0) is 20.1. The summed E-state index contributed by atoms with van der Waals surface area (Å²) in [5, 5.41) is 12.7. The van der Waals surface area contributed by atoms with Gasteiger partial charge >= 0.3 is 11.9 Å². The van der Waals surface area contributed by atoms with Gasteiger partial charge in [-0.25, -0.2) is 4.79 Å². The monoisotopic (exact) mass is 382 g/mol. The van der Waals surface area contributed by atoms with Crippen LogP contribution in [0.15, 0.2) is 0 Å². The Hall–Kier alpha value is -1.63. The molecule has 0 unspecified atom stereocenters. The van der Waals surface area contributed by atoms with Crippen LogP contribution in [0.5, 0.6) is 0 Å². The van der Waals surface area contributed by atoms with E-state index in [0.717, 1.165) is 25.7 Å². The number of ether oxygens (including phenoxy) is 1. The molecule has 1 saturated carbocycles. The van der Waals surface area contributed by atoms with Crippen molar-refractivity contribution in [3.05, 3.63) is 0 Å². The van der Waals surface area contributed by atoms with Gasteiger partial charge < -0.3 is 14.7 Å². The molecule has 27 heavy (non-hydrogen) atoms. The van der Waals surface area contributed by atoms with Crippen molar-refractivity contribution >= 4 is 17.8 Å². The normalized spacial score (nSPS) is 26.7. The molecule has 5 atom stereocenters. The largest absolute Gasteiger partial charge is 0.480 e. The predicted octanol–water partition coefficient (Wildman–Crippen LogP) is 2.19. The summed E-state index contributed by atoms with van der Waals surface area (Å²) < 4.78 is 5.15. The highest BCUT2D eigenvalue weighted by Crippen LogP contribution is 2.41. The molecule has 1 aliphatic carbocycles. The van der Waals surface area contributed by atoms with Crippen LogP contribution in [0.3, 0.4) is 0 Å². The van der Waals surface area contributed by atoms with E-state index in [0.29, 0.717) is 18.8 Å². The molecular weight excluding hydrogens is 348 g/mol. The van der Waals surface area contributed by atoms with Crippen LogP contribution < -0.4 is 5.32 Å². The molecule has 2 aliphatic rings. The Morgan fingerprint density at radius 3 is 2.48 bits per heavy atom. The fourth-order valence-corrected chi connectivity index (χ4v) is 4.44. The van der Waals surface area contributed by atoms with E-state index < -0.39 is 24.1 Å². The maximum Gasteiger partial charge on any atom is 0.326 e. The first kappa shape index (κ1) is 21.7. The first-order valence-electron chi connectivity index (χ1n) is 10.2. The SMILES string of the molecule is CCOC(=O)[C@H](CCC(C)C)N[C@@H](C)C(=O)N1[C@H](C(=O)O)C[C@@H]2CCC[C@@H]21. The number of fused-ring (bicyclic) bond motifs is 1. The maximum atomic E-state index is 13.1. The smallest absolute Gasteiger partial charge is 0.326 e. The van der Waals surface area contributed by atoms with E-state index in [1.807, 2.05) is 0 Å². The second kappa shape index (κ2) is 9.53. The minimum Gasteiger partial charge on any atom is -0.480 e. The van der Waals surface area contributed by atoms with Crippen molar-refractivity contribution in [2.75, 3.05) is 6.61 Å². The van der Waals surface area contributed by atoms with E-state index in [-0.39, 0.29) is 30.4 Å².